The molecule has 0 fully saturated rings. The van der Waals surface area contributed by atoms with E-state index < -0.39 is 0 Å². The van der Waals surface area contributed by atoms with Crippen molar-refractivity contribution in [1.82, 2.24) is 15.5 Å². The van der Waals surface area contributed by atoms with E-state index in [4.69, 9.17) is 0 Å². The molecule has 0 aromatic carbocycles. The number of hydrogen-bond acceptors (Lipinski definition) is 3. The van der Waals surface area contributed by atoms with Gasteiger partial charge in [-0.05, 0) is 51.3 Å². The van der Waals surface area contributed by atoms with Gasteiger partial charge < -0.3 is 15.5 Å². The molecule has 23 heavy (non-hydrogen) atoms. The molecule has 4 nitrogen and oxygen atoms in total. The van der Waals surface area contributed by atoms with Crippen LogP contribution in [-0.2, 0) is 6.42 Å². The molecule has 0 radical (unpaired) electrons. The lowest BCUT2D eigenvalue weighted by molar-refractivity contribution is 0.389. The molecule has 0 unspecified atom stereocenters. The second-order valence-corrected chi connectivity index (χ2v) is 6.86. The number of hydrogen-bond donors (Lipinski definition) is 2. The predicted octanol–water partition coefficient (Wildman–Crippen LogP) is 3.59. The van der Waals surface area contributed by atoms with Gasteiger partial charge >= 0.3 is 0 Å². The first-order chi connectivity index (χ1) is 10.7. The second kappa shape index (κ2) is 15.2. The molecule has 0 bridgehead atoms. The van der Waals surface area contributed by atoms with Crippen molar-refractivity contribution in [2.45, 2.75) is 38.5 Å². The lowest BCUT2D eigenvalue weighted by atomic mass is 10.1. The first kappa shape index (κ1) is 22.7. The van der Waals surface area contributed by atoms with Gasteiger partial charge in [-0.2, -0.15) is 0 Å². The van der Waals surface area contributed by atoms with Gasteiger partial charge in [-0.25, -0.2) is 0 Å². The van der Waals surface area contributed by atoms with Crippen LogP contribution in [0.2, 0.25) is 0 Å². The van der Waals surface area contributed by atoms with Gasteiger partial charge in [-0.1, -0.05) is 25.3 Å². The molecule has 0 amide bonds. The van der Waals surface area contributed by atoms with Gasteiger partial charge in [0.05, 0.1) is 0 Å². The largest absolute Gasteiger partial charge is 0.356 e. The zero-order valence-electron chi connectivity index (χ0n) is 14.8. The number of thiophene rings is 1. The molecule has 1 rings (SSSR count). The Morgan fingerprint density at radius 3 is 2.43 bits per heavy atom. The predicted molar refractivity (Wildman–Crippen MR) is 114 cm³/mol. The highest BCUT2D eigenvalue weighted by Crippen LogP contribution is 2.08. The van der Waals surface area contributed by atoms with Crippen LogP contribution < -0.4 is 10.6 Å². The first-order valence-corrected chi connectivity index (χ1v) is 9.22. The summed E-state index contributed by atoms with van der Waals surface area (Å²) in [6.45, 7) is 3.15. The van der Waals surface area contributed by atoms with E-state index in [0.717, 1.165) is 25.5 Å². The Bertz CT molecular complexity index is 393. The first-order valence-electron chi connectivity index (χ1n) is 8.34. The van der Waals surface area contributed by atoms with Crippen LogP contribution in [0.5, 0.6) is 0 Å². The molecule has 6 heteroatoms. The molecule has 0 saturated heterocycles. The SMILES string of the molecule is CN=C(NCCCCCCCN(C)C)NCCc1cccs1.I. The zero-order valence-corrected chi connectivity index (χ0v) is 18.0. The van der Waals surface area contributed by atoms with Gasteiger partial charge in [0, 0.05) is 25.0 Å². The van der Waals surface area contributed by atoms with Crippen LogP contribution in [0.15, 0.2) is 22.5 Å². The molecular formula is C17H33IN4S. The van der Waals surface area contributed by atoms with E-state index in [9.17, 15) is 0 Å². The summed E-state index contributed by atoms with van der Waals surface area (Å²) in [5, 5.41) is 8.89. The van der Waals surface area contributed by atoms with Crippen LogP contribution in [0.1, 0.15) is 37.0 Å². The summed E-state index contributed by atoms with van der Waals surface area (Å²) in [5.74, 6) is 0.921. The topological polar surface area (TPSA) is 39.7 Å². The Morgan fingerprint density at radius 2 is 1.78 bits per heavy atom. The molecule has 0 aliphatic heterocycles. The standard InChI is InChI=1S/C17H32N4S.HI/c1-18-17(20-13-11-16-10-9-15-22-16)19-12-7-5-4-6-8-14-21(2)3;/h9-10,15H,4-8,11-14H2,1-3H3,(H2,18,19,20);1H. The maximum atomic E-state index is 4.27. The highest BCUT2D eigenvalue weighted by atomic mass is 127. The number of nitrogens with one attached hydrogen (secondary N) is 2. The summed E-state index contributed by atoms with van der Waals surface area (Å²) >= 11 is 1.81. The smallest absolute Gasteiger partial charge is 0.190 e. The molecule has 1 aromatic rings. The average Bonchev–Trinajstić information content (AvgIpc) is 3.01. The van der Waals surface area contributed by atoms with Crippen LogP contribution >= 0.6 is 35.3 Å². The van der Waals surface area contributed by atoms with Gasteiger partial charge in [-0.15, -0.1) is 35.3 Å². The zero-order chi connectivity index (χ0) is 16.0. The molecule has 1 heterocycles. The van der Waals surface area contributed by atoms with Gasteiger partial charge in [0.25, 0.3) is 0 Å². The summed E-state index contributed by atoms with van der Waals surface area (Å²) in [6.07, 6.45) is 7.56. The number of aliphatic imine (C=N–C) groups is 1. The van der Waals surface area contributed by atoms with Crippen molar-refractivity contribution in [3.05, 3.63) is 22.4 Å². The third-order valence-electron chi connectivity index (χ3n) is 3.54. The fourth-order valence-electron chi connectivity index (χ4n) is 2.27. The molecule has 0 aliphatic carbocycles. The minimum absolute atomic E-state index is 0. The summed E-state index contributed by atoms with van der Waals surface area (Å²) < 4.78 is 0. The van der Waals surface area contributed by atoms with Crippen molar-refractivity contribution in [3.8, 4) is 0 Å². The minimum atomic E-state index is 0. The van der Waals surface area contributed by atoms with Gasteiger partial charge in [0.15, 0.2) is 5.96 Å². The van der Waals surface area contributed by atoms with Crippen LogP contribution in [0, 0.1) is 0 Å². The molecule has 134 valence electrons. The van der Waals surface area contributed by atoms with E-state index in [1.54, 1.807) is 0 Å². The highest BCUT2D eigenvalue weighted by molar-refractivity contribution is 14.0. The molecule has 0 atom stereocenters. The van der Waals surface area contributed by atoms with Crippen molar-refractivity contribution in [2.75, 3.05) is 40.8 Å². The molecule has 0 saturated carbocycles. The Labute approximate surface area is 163 Å². The molecule has 1 aromatic heterocycles. The maximum absolute atomic E-state index is 4.27. The van der Waals surface area contributed by atoms with Gasteiger partial charge in [-0.3, -0.25) is 4.99 Å². The quantitative estimate of drug-likeness (QED) is 0.233. The van der Waals surface area contributed by atoms with E-state index >= 15 is 0 Å². The number of halogens is 1. The van der Waals surface area contributed by atoms with Crippen molar-refractivity contribution < 1.29 is 0 Å². The van der Waals surface area contributed by atoms with Crippen LogP contribution in [0.3, 0.4) is 0 Å². The Morgan fingerprint density at radius 1 is 1.09 bits per heavy atom. The third kappa shape index (κ3) is 12.7. The lowest BCUT2D eigenvalue weighted by Gasteiger charge is -2.11. The second-order valence-electron chi connectivity index (χ2n) is 5.83. The van der Waals surface area contributed by atoms with Crippen LogP contribution in [0.25, 0.3) is 0 Å². The Kier molecular flexibility index (Phi) is 15.0. The average molecular weight is 452 g/mol. The van der Waals surface area contributed by atoms with E-state index in [0.29, 0.717) is 0 Å². The number of guanidine groups is 1. The summed E-state index contributed by atoms with van der Waals surface area (Å²) in [6, 6.07) is 4.28. The monoisotopic (exact) mass is 452 g/mol. The lowest BCUT2D eigenvalue weighted by Crippen LogP contribution is -2.38. The summed E-state index contributed by atoms with van der Waals surface area (Å²) in [4.78, 5) is 7.94. The van der Waals surface area contributed by atoms with Crippen LogP contribution in [-0.4, -0.2) is 51.6 Å². The van der Waals surface area contributed by atoms with Crippen LogP contribution in [0.4, 0.5) is 0 Å². The number of rotatable bonds is 11. The molecule has 2 N–H and O–H groups in total. The van der Waals surface area contributed by atoms with Crippen molar-refractivity contribution in [1.29, 1.82) is 0 Å². The molecule has 0 aliphatic rings. The van der Waals surface area contributed by atoms with Gasteiger partial charge in [0.1, 0.15) is 0 Å². The van der Waals surface area contributed by atoms with Gasteiger partial charge in [0.2, 0.25) is 0 Å². The van der Waals surface area contributed by atoms with E-state index in [-0.39, 0.29) is 24.0 Å². The minimum Gasteiger partial charge on any atom is -0.356 e. The van der Waals surface area contributed by atoms with E-state index in [1.165, 1.54) is 43.5 Å². The number of nitrogens with zero attached hydrogens (tertiary/aromatic N) is 2. The highest BCUT2D eigenvalue weighted by Gasteiger charge is 1.98. The number of unbranched alkanes of at least 4 members (excludes halogenated alkanes) is 4. The fourth-order valence-corrected chi connectivity index (χ4v) is 2.98. The molecular weight excluding hydrogens is 419 g/mol. The fraction of sp³-hybridized carbons (Fsp3) is 0.706. The molecule has 0 spiro atoms. The summed E-state index contributed by atoms with van der Waals surface area (Å²) in [5.41, 5.74) is 0. The van der Waals surface area contributed by atoms with Crippen molar-refractivity contribution in [3.63, 3.8) is 0 Å². The van der Waals surface area contributed by atoms with E-state index in [2.05, 4.69) is 52.1 Å². The van der Waals surface area contributed by atoms with Crippen molar-refractivity contribution in [2.24, 2.45) is 4.99 Å². The summed E-state index contributed by atoms with van der Waals surface area (Å²) in [7, 11) is 6.11. The normalized spacial score (nSPS) is 11.4. The Balaban J connectivity index is 0.00000484. The van der Waals surface area contributed by atoms with E-state index in [1.807, 2.05) is 18.4 Å². The third-order valence-corrected chi connectivity index (χ3v) is 4.48. The maximum Gasteiger partial charge on any atom is 0.190 e. The Hall–Kier alpha value is -0.340. The van der Waals surface area contributed by atoms with Crippen molar-refractivity contribution >= 4 is 41.3 Å².